The van der Waals surface area contributed by atoms with Gasteiger partial charge in [0.05, 0.1) is 12.7 Å². The molecule has 2 aliphatic rings. The topological polar surface area (TPSA) is 38.7 Å². The summed E-state index contributed by atoms with van der Waals surface area (Å²) in [4.78, 5) is 0. The first-order valence-electron chi connectivity index (χ1n) is 6.94. The highest BCUT2D eigenvalue weighted by Gasteiger charge is 2.20. The van der Waals surface area contributed by atoms with Gasteiger partial charge in [-0.05, 0) is 32.1 Å². The van der Waals surface area contributed by atoms with E-state index in [2.05, 4.69) is 6.08 Å². The highest BCUT2D eigenvalue weighted by molar-refractivity contribution is 4.93. The van der Waals surface area contributed by atoms with Crippen LogP contribution in [-0.2, 0) is 9.47 Å². The molecule has 3 atom stereocenters. The van der Waals surface area contributed by atoms with Gasteiger partial charge in [0.2, 0.25) is 0 Å². The maximum absolute atomic E-state index is 9.80. The number of hydrogen-bond donors (Lipinski definition) is 1. The monoisotopic (exact) mass is 240 g/mol. The number of hydrogen-bond acceptors (Lipinski definition) is 3. The second-order valence-corrected chi connectivity index (χ2v) is 5.07. The van der Waals surface area contributed by atoms with E-state index >= 15 is 0 Å². The lowest BCUT2D eigenvalue weighted by atomic mass is 9.86. The number of ether oxygens (including phenoxy) is 2. The number of aliphatic hydroxyl groups is 1. The van der Waals surface area contributed by atoms with E-state index in [-0.39, 0.29) is 12.4 Å². The van der Waals surface area contributed by atoms with Gasteiger partial charge in [-0.15, -0.1) is 0 Å². The van der Waals surface area contributed by atoms with E-state index < -0.39 is 0 Å². The molecule has 0 aromatic carbocycles. The van der Waals surface area contributed by atoms with Gasteiger partial charge >= 0.3 is 0 Å². The third-order valence-corrected chi connectivity index (χ3v) is 3.68. The summed E-state index contributed by atoms with van der Waals surface area (Å²) in [5, 5.41) is 9.80. The molecule has 0 amide bonds. The van der Waals surface area contributed by atoms with Crippen LogP contribution in [0.1, 0.15) is 44.9 Å². The fraction of sp³-hybridized carbons (Fsp3) is 0.857. The molecule has 1 aliphatic heterocycles. The van der Waals surface area contributed by atoms with Crippen LogP contribution in [0.15, 0.2) is 12.2 Å². The van der Waals surface area contributed by atoms with Gasteiger partial charge in [-0.3, -0.25) is 0 Å². The molecule has 1 aliphatic carbocycles. The Morgan fingerprint density at radius 3 is 2.71 bits per heavy atom. The van der Waals surface area contributed by atoms with Crippen molar-refractivity contribution in [3.05, 3.63) is 12.2 Å². The molecule has 1 heterocycles. The first-order valence-corrected chi connectivity index (χ1v) is 6.94. The van der Waals surface area contributed by atoms with Gasteiger partial charge < -0.3 is 14.6 Å². The van der Waals surface area contributed by atoms with Gasteiger partial charge in [0.15, 0.2) is 6.29 Å². The van der Waals surface area contributed by atoms with Crippen molar-refractivity contribution < 1.29 is 14.6 Å². The standard InChI is InChI=1S/C14H24O3/c15-13-8-2-1-6-12(13)7-5-11-17-14-9-3-4-10-16-14/h5,7,12-15H,1-4,6,8-11H2/b7-5+/t12-,13+,14?/m0/s1. The van der Waals surface area contributed by atoms with E-state index in [1.54, 1.807) is 0 Å². The minimum atomic E-state index is -0.147. The molecule has 0 aromatic rings. The van der Waals surface area contributed by atoms with Crippen molar-refractivity contribution in [2.24, 2.45) is 5.92 Å². The molecule has 1 saturated heterocycles. The smallest absolute Gasteiger partial charge is 0.157 e. The SMILES string of the molecule is O[C@@H]1CCCC[C@H]1/C=C/COC1CCCCO1. The third kappa shape index (κ3) is 4.41. The largest absolute Gasteiger partial charge is 0.393 e. The molecule has 3 nitrogen and oxygen atoms in total. The Morgan fingerprint density at radius 2 is 1.94 bits per heavy atom. The summed E-state index contributed by atoms with van der Waals surface area (Å²) in [6.45, 7) is 1.43. The first-order chi connectivity index (χ1) is 8.36. The second-order valence-electron chi connectivity index (χ2n) is 5.07. The Balaban J connectivity index is 1.63. The molecule has 1 N–H and O–H groups in total. The van der Waals surface area contributed by atoms with Crippen molar-refractivity contribution in [2.45, 2.75) is 57.3 Å². The number of rotatable bonds is 4. The third-order valence-electron chi connectivity index (χ3n) is 3.68. The summed E-state index contributed by atoms with van der Waals surface area (Å²) in [6.07, 6.45) is 11.8. The van der Waals surface area contributed by atoms with Crippen molar-refractivity contribution in [3.8, 4) is 0 Å². The quantitative estimate of drug-likeness (QED) is 0.768. The summed E-state index contributed by atoms with van der Waals surface area (Å²) in [5.41, 5.74) is 0. The van der Waals surface area contributed by atoms with Crippen molar-refractivity contribution in [1.82, 2.24) is 0 Å². The minimum absolute atomic E-state index is 0.00956. The summed E-state index contributed by atoms with van der Waals surface area (Å²) >= 11 is 0. The molecule has 2 rings (SSSR count). The van der Waals surface area contributed by atoms with Crippen LogP contribution >= 0.6 is 0 Å². The van der Waals surface area contributed by atoms with Crippen LogP contribution in [0.25, 0.3) is 0 Å². The molecular weight excluding hydrogens is 216 g/mol. The van der Waals surface area contributed by atoms with Gasteiger partial charge in [0.1, 0.15) is 0 Å². The van der Waals surface area contributed by atoms with E-state index in [0.29, 0.717) is 12.5 Å². The molecular formula is C14H24O3. The molecule has 0 aromatic heterocycles. The molecule has 2 fully saturated rings. The zero-order valence-corrected chi connectivity index (χ0v) is 10.5. The Bertz CT molecular complexity index is 234. The molecule has 0 radical (unpaired) electrons. The summed E-state index contributed by atoms with van der Waals surface area (Å²) < 4.78 is 11.1. The second kappa shape index (κ2) is 7.14. The zero-order valence-electron chi connectivity index (χ0n) is 10.5. The lowest BCUT2D eigenvalue weighted by Gasteiger charge is -2.25. The van der Waals surface area contributed by atoms with Crippen molar-refractivity contribution in [2.75, 3.05) is 13.2 Å². The van der Waals surface area contributed by atoms with Gasteiger partial charge in [-0.2, -0.15) is 0 Å². The van der Waals surface area contributed by atoms with Crippen LogP contribution in [0.4, 0.5) is 0 Å². The van der Waals surface area contributed by atoms with E-state index in [0.717, 1.165) is 38.7 Å². The molecule has 98 valence electrons. The normalized spacial score (nSPS) is 35.2. The molecule has 0 bridgehead atoms. The maximum Gasteiger partial charge on any atom is 0.157 e. The van der Waals surface area contributed by atoms with Gasteiger partial charge in [-0.25, -0.2) is 0 Å². The van der Waals surface area contributed by atoms with Crippen molar-refractivity contribution >= 4 is 0 Å². The van der Waals surface area contributed by atoms with Crippen LogP contribution < -0.4 is 0 Å². The van der Waals surface area contributed by atoms with E-state index in [1.807, 2.05) is 6.08 Å². The van der Waals surface area contributed by atoms with Gasteiger partial charge in [0, 0.05) is 12.5 Å². The van der Waals surface area contributed by atoms with Crippen molar-refractivity contribution in [1.29, 1.82) is 0 Å². The molecule has 1 saturated carbocycles. The van der Waals surface area contributed by atoms with Crippen LogP contribution in [0.3, 0.4) is 0 Å². The van der Waals surface area contributed by atoms with Crippen molar-refractivity contribution in [3.63, 3.8) is 0 Å². The van der Waals surface area contributed by atoms with Crippen LogP contribution in [0, 0.1) is 5.92 Å². The summed E-state index contributed by atoms with van der Waals surface area (Å²) in [7, 11) is 0. The summed E-state index contributed by atoms with van der Waals surface area (Å²) in [6, 6.07) is 0. The highest BCUT2D eigenvalue weighted by Crippen LogP contribution is 2.25. The zero-order chi connectivity index (χ0) is 11.9. The Kier molecular flexibility index (Phi) is 5.49. The maximum atomic E-state index is 9.80. The van der Waals surface area contributed by atoms with Gasteiger partial charge in [-0.1, -0.05) is 25.0 Å². The fourth-order valence-electron chi connectivity index (χ4n) is 2.60. The van der Waals surface area contributed by atoms with E-state index in [1.165, 1.54) is 12.8 Å². The predicted octanol–water partition coefficient (Wildman–Crippen LogP) is 2.64. The fourth-order valence-corrected chi connectivity index (χ4v) is 2.60. The van der Waals surface area contributed by atoms with Gasteiger partial charge in [0.25, 0.3) is 0 Å². The Labute approximate surface area is 104 Å². The van der Waals surface area contributed by atoms with E-state index in [9.17, 15) is 5.11 Å². The lowest BCUT2D eigenvalue weighted by molar-refractivity contribution is -0.155. The Hall–Kier alpha value is -0.380. The van der Waals surface area contributed by atoms with Crippen LogP contribution in [-0.4, -0.2) is 30.7 Å². The molecule has 1 unspecified atom stereocenters. The average Bonchev–Trinajstić information content (AvgIpc) is 2.38. The predicted molar refractivity (Wildman–Crippen MR) is 66.6 cm³/mol. The van der Waals surface area contributed by atoms with Crippen LogP contribution in [0.2, 0.25) is 0 Å². The average molecular weight is 240 g/mol. The Morgan fingerprint density at radius 1 is 1.12 bits per heavy atom. The number of aliphatic hydroxyl groups excluding tert-OH is 1. The van der Waals surface area contributed by atoms with Crippen LogP contribution in [0.5, 0.6) is 0 Å². The molecule has 3 heteroatoms. The summed E-state index contributed by atoms with van der Waals surface area (Å²) in [5.74, 6) is 0.333. The first kappa shape index (κ1) is 13.1. The van der Waals surface area contributed by atoms with E-state index in [4.69, 9.17) is 9.47 Å². The highest BCUT2D eigenvalue weighted by atomic mass is 16.7. The minimum Gasteiger partial charge on any atom is -0.393 e. The lowest BCUT2D eigenvalue weighted by Crippen LogP contribution is -2.23. The molecule has 0 spiro atoms. The molecule has 17 heavy (non-hydrogen) atoms.